The highest BCUT2D eigenvalue weighted by Gasteiger charge is 2.21. The van der Waals surface area contributed by atoms with E-state index in [1.54, 1.807) is 19.2 Å². The zero-order chi connectivity index (χ0) is 18.4. The molecule has 0 aliphatic carbocycles. The summed E-state index contributed by atoms with van der Waals surface area (Å²) in [5, 5.41) is 14.4. The van der Waals surface area contributed by atoms with Gasteiger partial charge in [0.2, 0.25) is 0 Å². The minimum atomic E-state index is -0.488. The van der Waals surface area contributed by atoms with E-state index in [2.05, 4.69) is 5.32 Å². The summed E-state index contributed by atoms with van der Waals surface area (Å²) >= 11 is 0. The van der Waals surface area contributed by atoms with Crippen LogP contribution in [0, 0.1) is 10.1 Å². The second-order valence-electron chi connectivity index (χ2n) is 5.94. The van der Waals surface area contributed by atoms with E-state index in [-0.39, 0.29) is 17.3 Å². The van der Waals surface area contributed by atoms with Crippen LogP contribution in [0.5, 0.6) is 5.75 Å². The summed E-state index contributed by atoms with van der Waals surface area (Å²) in [6.07, 6.45) is 0.597. The van der Waals surface area contributed by atoms with Gasteiger partial charge < -0.3 is 15.0 Å². The molecule has 0 aromatic heterocycles. The zero-order valence-electron chi connectivity index (χ0n) is 14.5. The zero-order valence-corrected chi connectivity index (χ0v) is 14.5. The second-order valence-corrected chi connectivity index (χ2v) is 5.94. The number of aldehydes is 1. The number of carbonyl (C=O) groups is 1. The smallest absolute Gasteiger partial charge is 0.293 e. The first-order valence-corrected chi connectivity index (χ1v) is 7.87. The Morgan fingerprint density at radius 1 is 1.28 bits per heavy atom. The number of ether oxygens (including phenoxy) is 1. The number of nitro groups is 1. The molecule has 2 rings (SSSR count). The number of hydrogen-bond acceptors (Lipinski definition) is 5. The Labute approximate surface area is 146 Å². The Hall–Kier alpha value is -2.93. The lowest BCUT2D eigenvalue weighted by Gasteiger charge is -2.23. The predicted octanol–water partition coefficient (Wildman–Crippen LogP) is 1.71. The van der Waals surface area contributed by atoms with E-state index in [1.807, 2.05) is 38.4 Å². The van der Waals surface area contributed by atoms with Gasteiger partial charge >= 0.3 is 0 Å². The SMILES string of the molecule is COc1cccc([C@H](CNc2ccc(C=O)cc2[N+](=O)[O-])[NH+](C)C)c1. The summed E-state index contributed by atoms with van der Waals surface area (Å²) in [6.45, 7) is 0.497. The topological polar surface area (TPSA) is 85.9 Å². The summed E-state index contributed by atoms with van der Waals surface area (Å²) < 4.78 is 5.27. The molecule has 0 fully saturated rings. The third-order valence-corrected chi connectivity index (χ3v) is 4.04. The molecule has 0 radical (unpaired) electrons. The standard InChI is InChI=1S/C18H21N3O4/c1-20(2)18(14-5-4-6-15(10-14)25-3)11-19-16-8-7-13(12-22)9-17(16)21(23)24/h4-10,12,18-19H,11H2,1-3H3/p+1/t18-/m0/s1. The minimum Gasteiger partial charge on any atom is -0.497 e. The maximum absolute atomic E-state index is 11.2. The normalized spacial score (nSPS) is 11.8. The number of nitrogens with one attached hydrogen (secondary N) is 2. The van der Waals surface area contributed by atoms with Gasteiger partial charge in [-0.1, -0.05) is 12.1 Å². The van der Waals surface area contributed by atoms with Gasteiger partial charge in [0, 0.05) is 17.2 Å². The van der Waals surface area contributed by atoms with Gasteiger partial charge in [0.15, 0.2) is 0 Å². The number of quaternary nitrogens is 1. The number of nitrogens with zero attached hydrogens (tertiary/aromatic N) is 1. The van der Waals surface area contributed by atoms with Crippen molar-refractivity contribution in [2.75, 3.05) is 33.1 Å². The molecular weight excluding hydrogens is 322 g/mol. The highest BCUT2D eigenvalue weighted by atomic mass is 16.6. The summed E-state index contributed by atoms with van der Waals surface area (Å²) in [6, 6.07) is 12.2. The van der Waals surface area contributed by atoms with Crippen molar-refractivity contribution in [2.24, 2.45) is 0 Å². The van der Waals surface area contributed by atoms with Crippen LogP contribution in [-0.4, -0.2) is 39.0 Å². The Balaban J connectivity index is 2.24. The van der Waals surface area contributed by atoms with E-state index >= 15 is 0 Å². The van der Waals surface area contributed by atoms with E-state index in [4.69, 9.17) is 4.74 Å². The average molecular weight is 344 g/mol. The Morgan fingerprint density at radius 3 is 2.64 bits per heavy atom. The predicted molar refractivity (Wildman–Crippen MR) is 95.5 cm³/mol. The van der Waals surface area contributed by atoms with Crippen LogP contribution in [0.2, 0.25) is 0 Å². The first-order chi connectivity index (χ1) is 12.0. The molecule has 0 saturated heterocycles. The second kappa shape index (κ2) is 8.25. The average Bonchev–Trinajstić information content (AvgIpc) is 2.61. The maximum atomic E-state index is 11.2. The third-order valence-electron chi connectivity index (χ3n) is 4.04. The van der Waals surface area contributed by atoms with Crippen LogP contribution in [-0.2, 0) is 0 Å². The summed E-state index contributed by atoms with van der Waals surface area (Å²) in [4.78, 5) is 22.8. The van der Waals surface area contributed by atoms with Crippen molar-refractivity contribution in [1.29, 1.82) is 0 Å². The molecule has 0 spiro atoms. The molecular formula is C18H22N3O4+. The molecule has 1 atom stereocenters. The van der Waals surface area contributed by atoms with Crippen LogP contribution in [0.4, 0.5) is 11.4 Å². The molecule has 25 heavy (non-hydrogen) atoms. The van der Waals surface area contributed by atoms with Crippen molar-refractivity contribution < 1.29 is 19.4 Å². The molecule has 132 valence electrons. The van der Waals surface area contributed by atoms with Crippen LogP contribution in [0.3, 0.4) is 0 Å². The van der Waals surface area contributed by atoms with Crippen LogP contribution >= 0.6 is 0 Å². The monoisotopic (exact) mass is 344 g/mol. The molecule has 0 amide bonds. The number of benzene rings is 2. The fourth-order valence-electron chi connectivity index (χ4n) is 2.65. The maximum Gasteiger partial charge on any atom is 0.293 e. The highest BCUT2D eigenvalue weighted by molar-refractivity contribution is 5.79. The van der Waals surface area contributed by atoms with Crippen molar-refractivity contribution in [3.05, 3.63) is 63.7 Å². The fourth-order valence-corrected chi connectivity index (χ4v) is 2.65. The highest BCUT2D eigenvalue weighted by Crippen LogP contribution is 2.26. The van der Waals surface area contributed by atoms with Gasteiger partial charge in [-0.3, -0.25) is 14.9 Å². The first kappa shape index (κ1) is 18.4. The van der Waals surface area contributed by atoms with Crippen molar-refractivity contribution in [1.82, 2.24) is 0 Å². The van der Waals surface area contributed by atoms with Crippen molar-refractivity contribution >= 4 is 17.7 Å². The molecule has 0 aliphatic rings. The van der Waals surface area contributed by atoms with Gasteiger partial charge in [-0.05, 0) is 24.3 Å². The lowest BCUT2D eigenvalue weighted by molar-refractivity contribution is -0.890. The number of carbonyl (C=O) groups excluding carboxylic acids is 1. The molecule has 0 saturated carbocycles. The number of anilines is 1. The van der Waals surface area contributed by atoms with Crippen molar-refractivity contribution in [3.8, 4) is 5.75 Å². The number of likely N-dealkylation sites (N-methyl/N-ethyl adjacent to an activating group) is 1. The van der Waals surface area contributed by atoms with Gasteiger partial charge in [-0.15, -0.1) is 0 Å². The van der Waals surface area contributed by atoms with E-state index in [9.17, 15) is 14.9 Å². The lowest BCUT2D eigenvalue weighted by atomic mass is 10.1. The van der Waals surface area contributed by atoms with Gasteiger partial charge in [-0.2, -0.15) is 0 Å². The largest absolute Gasteiger partial charge is 0.497 e. The Morgan fingerprint density at radius 2 is 2.04 bits per heavy atom. The molecule has 0 unspecified atom stereocenters. The lowest BCUT2D eigenvalue weighted by Crippen LogP contribution is -3.06. The molecule has 2 aromatic rings. The number of nitro benzene ring substituents is 1. The molecule has 2 N–H and O–H groups in total. The Kier molecular flexibility index (Phi) is 6.08. The van der Waals surface area contributed by atoms with Crippen molar-refractivity contribution in [3.63, 3.8) is 0 Å². The van der Waals surface area contributed by atoms with Gasteiger partial charge in [0.1, 0.15) is 23.8 Å². The molecule has 0 aliphatic heterocycles. The number of hydrogen-bond donors (Lipinski definition) is 2. The van der Waals surface area contributed by atoms with Crippen LogP contribution < -0.4 is 15.0 Å². The van der Waals surface area contributed by atoms with Gasteiger partial charge in [-0.25, -0.2) is 0 Å². The minimum absolute atomic E-state index is 0.0699. The van der Waals surface area contributed by atoms with E-state index in [0.29, 0.717) is 18.5 Å². The number of rotatable bonds is 8. The quantitative estimate of drug-likeness (QED) is 0.433. The fraction of sp³-hybridized carbons (Fsp3) is 0.278. The van der Waals surface area contributed by atoms with Crippen LogP contribution in [0.15, 0.2) is 42.5 Å². The van der Waals surface area contributed by atoms with E-state index < -0.39 is 4.92 Å². The summed E-state index contributed by atoms with van der Waals surface area (Å²) in [5.74, 6) is 0.769. The van der Waals surface area contributed by atoms with E-state index in [0.717, 1.165) is 11.3 Å². The van der Waals surface area contributed by atoms with Gasteiger partial charge in [0.05, 0.1) is 32.7 Å². The summed E-state index contributed by atoms with van der Waals surface area (Å²) in [5.41, 5.74) is 1.63. The molecule has 7 heteroatoms. The molecule has 7 nitrogen and oxygen atoms in total. The Bertz CT molecular complexity index is 762. The van der Waals surface area contributed by atoms with Crippen LogP contribution in [0.1, 0.15) is 22.0 Å². The molecule has 2 aromatic carbocycles. The molecule has 0 bridgehead atoms. The number of methoxy groups -OCH3 is 1. The van der Waals surface area contributed by atoms with E-state index in [1.165, 1.54) is 11.0 Å². The van der Waals surface area contributed by atoms with Crippen LogP contribution in [0.25, 0.3) is 0 Å². The third kappa shape index (κ3) is 4.54. The molecule has 0 heterocycles. The van der Waals surface area contributed by atoms with Crippen molar-refractivity contribution in [2.45, 2.75) is 6.04 Å². The summed E-state index contributed by atoms with van der Waals surface area (Å²) in [7, 11) is 5.66. The first-order valence-electron chi connectivity index (χ1n) is 7.87. The van der Waals surface area contributed by atoms with Gasteiger partial charge in [0.25, 0.3) is 5.69 Å².